The van der Waals surface area contributed by atoms with Crippen LogP contribution < -0.4 is 0 Å². The van der Waals surface area contributed by atoms with Gasteiger partial charge in [-0.2, -0.15) is 0 Å². The second kappa shape index (κ2) is 7.07. The maximum atomic E-state index is 13.0. The second-order valence-electron chi connectivity index (χ2n) is 8.31. The smallest absolute Gasteiger partial charge is 0.256 e. The number of carbonyl (C=O) groups excluding carboxylic acids is 1. The van der Waals surface area contributed by atoms with E-state index in [0.29, 0.717) is 5.92 Å². The van der Waals surface area contributed by atoms with Gasteiger partial charge in [0.1, 0.15) is 0 Å². The molecule has 29 heavy (non-hydrogen) atoms. The van der Waals surface area contributed by atoms with Gasteiger partial charge >= 0.3 is 0 Å². The van der Waals surface area contributed by atoms with Gasteiger partial charge in [-0.3, -0.25) is 4.79 Å². The minimum Gasteiger partial charge on any atom is -0.360 e. The van der Waals surface area contributed by atoms with E-state index in [2.05, 4.69) is 40.5 Å². The summed E-state index contributed by atoms with van der Waals surface area (Å²) < 4.78 is 2.28. The topological polar surface area (TPSA) is 53.9 Å². The molecule has 1 saturated heterocycles. The number of carbonyl (C=O) groups is 1. The molecule has 0 radical (unpaired) electrons. The maximum Gasteiger partial charge on any atom is 0.256 e. The van der Waals surface area contributed by atoms with Crippen LogP contribution in [0.2, 0.25) is 0 Å². The van der Waals surface area contributed by atoms with Crippen molar-refractivity contribution < 1.29 is 4.79 Å². The standard InChI is InChI=1S/C24H26N4O/c1-16-11-22-23(12-17(16)2)28(15-26-22)14-18-7-9-27(10-8-18)24(29)20-13-25-21-6-4-3-5-19(20)21/h3-6,11-13,15,18,25H,7-10,14H2,1-2H3. The lowest BCUT2D eigenvalue weighted by Crippen LogP contribution is -2.39. The highest BCUT2D eigenvalue weighted by atomic mass is 16.2. The van der Waals surface area contributed by atoms with Crippen LogP contribution in [0.4, 0.5) is 0 Å². The summed E-state index contributed by atoms with van der Waals surface area (Å²) in [6.07, 6.45) is 5.87. The Labute approximate surface area is 170 Å². The maximum absolute atomic E-state index is 13.0. The number of H-pyrrole nitrogens is 1. The highest BCUT2D eigenvalue weighted by Gasteiger charge is 2.25. The fraction of sp³-hybridized carbons (Fsp3) is 0.333. The van der Waals surface area contributed by atoms with E-state index in [1.54, 1.807) is 0 Å². The molecule has 0 aliphatic carbocycles. The average Bonchev–Trinajstić information content (AvgIpc) is 3.33. The predicted octanol–water partition coefficient (Wildman–Crippen LogP) is 4.69. The molecule has 1 aliphatic heterocycles. The van der Waals surface area contributed by atoms with Gasteiger partial charge in [-0.05, 0) is 61.9 Å². The fourth-order valence-electron chi connectivity index (χ4n) is 4.47. The zero-order chi connectivity index (χ0) is 20.0. The molecule has 0 saturated carbocycles. The molecule has 2 aromatic heterocycles. The third-order valence-corrected chi connectivity index (χ3v) is 6.41. The second-order valence-corrected chi connectivity index (χ2v) is 8.31. The lowest BCUT2D eigenvalue weighted by molar-refractivity contribution is 0.0685. The van der Waals surface area contributed by atoms with Crippen molar-refractivity contribution in [3.05, 3.63) is 65.6 Å². The Hall–Kier alpha value is -3.08. The number of amides is 1. The molecule has 0 spiro atoms. The van der Waals surface area contributed by atoms with Crippen LogP contribution >= 0.6 is 0 Å². The molecule has 5 heteroatoms. The van der Waals surface area contributed by atoms with Crippen molar-refractivity contribution in [3.63, 3.8) is 0 Å². The molecular formula is C24H26N4O. The molecule has 0 bridgehead atoms. The summed E-state index contributed by atoms with van der Waals surface area (Å²) in [6.45, 7) is 6.88. The zero-order valence-electron chi connectivity index (χ0n) is 17.0. The number of rotatable bonds is 3. The Morgan fingerprint density at radius 1 is 1.14 bits per heavy atom. The molecule has 1 aliphatic rings. The van der Waals surface area contributed by atoms with Crippen molar-refractivity contribution in [1.82, 2.24) is 19.4 Å². The van der Waals surface area contributed by atoms with Gasteiger partial charge in [-0.25, -0.2) is 4.98 Å². The molecular weight excluding hydrogens is 360 g/mol. The van der Waals surface area contributed by atoms with Gasteiger partial charge in [0.25, 0.3) is 5.91 Å². The summed E-state index contributed by atoms with van der Waals surface area (Å²) >= 11 is 0. The molecule has 5 nitrogen and oxygen atoms in total. The van der Waals surface area contributed by atoms with Gasteiger partial charge in [-0.1, -0.05) is 18.2 Å². The lowest BCUT2D eigenvalue weighted by atomic mass is 9.96. The number of aromatic nitrogens is 3. The van der Waals surface area contributed by atoms with Crippen LogP contribution in [0.3, 0.4) is 0 Å². The van der Waals surface area contributed by atoms with Gasteiger partial charge in [0.05, 0.1) is 22.9 Å². The lowest BCUT2D eigenvalue weighted by Gasteiger charge is -2.32. The molecule has 1 amide bonds. The predicted molar refractivity (Wildman–Crippen MR) is 116 cm³/mol. The van der Waals surface area contributed by atoms with Crippen LogP contribution in [0.15, 0.2) is 48.9 Å². The highest BCUT2D eigenvalue weighted by Crippen LogP contribution is 2.26. The molecule has 5 rings (SSSR count). The van der Waals surface area contributed by atoms with Gasteiger partial charge < -0.3 is 14.5 Å². The van der Waals surface area contributed by atoms with E-state index in [0.717, 1.165) is 54.5 Å². The Morgan fingerprint density at radius 2 is 1.90 bits per heavy atom. The third kappa shape index (κ3) is 3.20. The molecule has 148 valence electrons. The number of piperidine rings is 1. The van der Waals surface area contributed by atoms with Crippen LogP contribution in [0, 0.1) is 19.8 Å². The zero-order valence-corrected chi connectivity index (χ0v) is 17.0. The average molecular weight is 386 g/mol. The first-order valence-corrected chi connectivity index (χ1v) is 10.4. The van der Waals surface area contributed by atoms with Crippen molar-refractivity contribution in [3.8, 4) is 0 Å². The Bertz CT molecular complexity index is 1190. The van der Waals surface area contributed by atoms with E-state index < -0.39 is 0 Å². The first-order chi connectivity index (χ1) is 14.1. The van der Waals surface area contributed by atoms with Crippen molar-refractivity contribution >= 4 is 27.8 Å². The number of hydrogen-bond donors (Lipinski definition) is 1. The summed E-state index contributed by atoms with van der Waals surface area (Å²) in [4.78, 5) is 22.8. The quantitative estimate of drug-likeness (QED) is 0.555. The van der Waals surface area contributed by atoms with E-state index >= 15 is 0 Å². The Morgan fingerprint density at radius 3 is 2.72 bits per heavy atom. The van der Waals surface area contributed by atoms with Crippen LogP contribution in [0.5, 0.6) is 0 Å². The van der Waals surface area contributed by atoms with Crippen LogP contribution in [0.25, 0.3) is 21.9 Å². The summed E-state index contributed by atoms with van der Waals surface area (Å²) in [6, 6.07) is 12.4. The van der Waals surface area contributed by atoms with Crippen LogP contribution in [-0.2, 0) is 6.54 Å². The monoisotopic (exact) mass is 386 g/mol. The number of fused-ring (bicyclic) bond motifs is 2. The van der Waals surface area contributed by atoms with Crippen molar-refractivity contribution in [2.24, 2.45) is 5.92 Å². The number of imidazole rings is 1. The first kappa shape index (κ1) is 18.0. The SMILES string of the molecule is Cc1cc2ncn(CC3CCN(C(=O)c4c[nH]c5ccccc45)CC3)c2cc1C. The highest BCUT2D eigenvalue weighted by molar-refractivity contribution is 6.06. The number of aryl methyl sites for hydroxylation is 2. The number of nitrogens with one attached hydrogen (secondary N) is 1. The molecule has 1 N–H and O–H groups in total. The number of para-hydroxylation sites is 1. The van der Waals surface area contributed by atoms with Crippen molar-refractivity contribution in [1.29, 1.82) is 0 Å². The Balaban J connectivity index is 1.27. The minimum absolute atomic E-state index is 0.139. The number of likely N-dealkylation sites (tertiary alicyclic amines) is 1. The van der Waals surface area contributed by atoms with E-state index in [1.165, 1.54) is 16.6 Å². The van der Waals surface area contributed by atoms with Gasteiger partial charge in [-0.15, -0.1) is 0 Å². The molecule has 2 aromatic carbocycles. The number of benzene rings is 2. The van der Waals surface area contributed by atoms with E-state index in [1.807, 2.05) is 41.7 Å². The molecule has 0 atom stereocenters. The van der Waals surface area contributed by atoms with E-state index in [-0.39, 0.29) is 5.91 Å². The number of hydrogen-bond acceptors (Lipinski definition) is 2. The Kier molecular flexibility index (Phi) is 4.38. The summed E-state index contributed by atoms with van der Waals surface area (Å²) in [5, 5.41) is 1.01. The molecule has 3 heterocycles. The van der Waals surface area contributed by atoms with Crippen molar-refractivity contribution in [2.45, 2.75) is 33.2 Å². The van der Waals surface area contributed by atoms with E-state index in [9.17, 15) is 4.79 Å². The number of aromatic amines is 1. The normalized spacial score (nSPS) is 15.4. The van der Waals surface area contributed by atoms with Crippen molar-refractivity contribution in [2.75, 3.05) is 13.1 Å². The molecule has 0 unspecified atom stereocenters. The van der Waals surface area contributed by atoms with Crippen LogP contribution in [0.1, 0.15) is 34.3 Å². The summed E-state index contributed by atoms with van der Waals surface area (Å²) in [5.74, 6) is 0.709. The first-order valence-electron chi connectivity index (χ1n) is 10.4. The molecule has 4 aromatic rings. The van der Waals surface area contributed by atoms with Gasteiger partial charge in [0.2, 0.25) is 0 Å². The minimum atomic E-state index is 0.139. The van der Waals surface area contributed by atoms with E-state index in [4.69, 9.17) is 0 Å². The van der Waals surface area contributed by atoms with Gasteiger partial charge in [0.15, 0.2) is 0 Å². The number of nitrogens with zero attached hydrogens (tertiary/aromatic N) is 3. The summed E-state index contributed by atoms with van der Waals surface area (Å²) in [7, 11) is 0. The largest absolute Gasteiger partial charge is 0.360 e. The molecule has 1 fully saturated rings. The third-order valence-electron chi connectivity index (χ3n) is 6.41. The summed E-state index contributed by atoms with van der Waals surface area (Å²) in [5.41, 5.74) is 6.67. The fourth-order valence-corrected chi connectivity index (χ4v) is 4.47. The van der Waals surface area contributed by atoms with Crippen LogP contribution in [-0.4, -0.2) is 38.4 Å². The van der Waals surface area contributed by atoms with Gasteiger partial charge in [0, 0.05) is 36.7 Å².